The summed E-state index contributed by atoms with van der Waals surface area (Å²) in [5.74, 6) is 1.69. The quantitative estimate of drug-likeness (QED) is 0.775. The molecular weight excluding hydrogens is 196 g/mol. The lowest BCUT2D eigenvalue weighted by Gasteiger charge is -2.47. The van der Waals surface area contributed by atoms with E-state index in [1.54, 1.807) is 0 Å². The first-order valence-electron chi connectivity index (χ1n) is 7.16. The number of hydrogen-bond acceptors (Lipinski definition) is 2. The molecule has 0 spiro atoms. The van der Waals surface area contributed by atoms with Gasteiger partial charge < -0.3 is 5.32 Å². The summed E-state index contributed by atoms with van der Waals surface area (Å²) in [4.78, 5) is 2.82. The first kappa shape index (κ1) is 12.4. The van der Waals surface area contributed by atoms with E-state index in [1.165, 1.54) is 45.3 Å². The molecule has 2 fully saturated rings. The topological polar surface area (TPSA) is 15.3 Å². The third kappa shape index (κ3) is 2.60. The molecular formula is C14H28N2. The minimum Gasteiger partial charge on any atom is -0.314 e. The van der Waals surface area contributed by atoms with Gasteiger partial charge in [-0.3, -0.25) is 4.90 Å². The highest BCUT2D eigenvalue weighted by molar-refractivity contribution is 4.90. The maximum absolute atomic E-state index is 3.56. The second kappa shape index (κ2) is 5.50. The van der Waals surface area contributed by atoms with E-state index in [-0.39, 0.29) is 0 Å². The zero-order valence-electron chi connectivity index (χ0n) is 11.2. The fourth-order valence-electron chi connectivity index (χ4n) is 3.56. The van der Waals surface area contributed by atoms with Gasteiger partial charge in [0.15, 0.2) is 0 Å². The molecule has 1 N–H and O–H groups in total. The molecule has 2 heteroatoms. The summed E-state index contributed by atoms with van der Waals surface area (Å²) in [6.45, 7) is 10.9. The van der Waals surface area contributed by atoms with Crippen LogP contribution in [0.25, 0.3) is 0 Å². The van der Waals surface area contributed by atoms with Crippen LogP contribution in [0.2, 0.25) is 0 Å². The van der Waals surface area contributed by atoms with Gasteiger partial charge in [-0.15, -0.1) is 0 Å². The Morgan fingerprint density at radius 2 is 1.94 bits per heavy atom. The Hall–Kier alpha value is -0.0800. The van der Waals surface area contributed by atoms with Crippen molar-refractivity contribution in [3.8, 4) is 0 Å². The number of nitrogens with zero attached hydrogens (tertiary/aromatic N) is 1. The molecule has 0 aromatic carbocycles. The first-order chi connectivity index (χ1) is 7.70. The molecule has 2 aliphatic rings. The summed E-state index contributed by atoms with van der Waals surface area (Å²) in [6.07, 6.45) is 5.78. The fourth-order valence-corrected chi connectivity index (χ4v) is 3.56. The van der Waals surface area contributed by atoms with Crippen molar-refractivity contribution in [1.29, 1.82) is 0 Å². The lowest BCUT2D eigenvalue weighted by Crippen LogP contribution is -2.58. The SMILES string of the molecule is CC(C)C1CNCCN1C1CCCCC1C. The second-order valence-electron chi connectivity index (χ2n) is 6.08. The van der Waals surface area contributed by atoms with Crippen molar-refractivity contribution < 1.29 is 0 Å². The largest absolute Gasteiger partial charge is 0.314 e. The van der Waals surface area contributed by atoms with Crippen LogP contribution < -0.4 is 5.32 Å². The molecule has 16 heavy (non-hydrogen) atoms. The molecule has 3 atom stereocenters. The molecule has 0 amide bonds. The molecule has 3 unspecified atom stereocenters. The van der Waals surface area contributed by atoms with Crippen LogP contribution in [0, 0.1) is 11.8 Å². The zero-order chi connectivity index (χ0) is 11.5. The summed E-state index contributed by atoms with van der Waals surface area (Å²) in [5.41, 5.74) is 0. The highest BCUT2D eigenvalue weighted by Crippen LogP contribution is 2.31. The molecule has 0 radical (unpaired) electrons. The van der Waals surface area contributed by atoms with E-state index in [1.807, 2.05) is 0 Å². The normalized spacial score (nSPS) is 37.9. The van der Waals surface area contributed by atoms with Crippen LogP contribution >= 0.6 is 0 Å². The number of rotatable bonds is 2. The standard InChI is InChI=1S/C14H28N2/c1-11(2)14-10-15-8-9-16(14)13-7-5-4-6-12(13)3/h11-15H,4-10H2,1-3H3. The van der Waals surface area contributed by atoms with E-state index in [0.29, 0.717) is 0 Å². The molecule has 2 rings (SSSR count). The molecule has 1 aliphatic heterocycles. The molecule has 1 aliphatic carbocycles. The van der Waals surface area contributed by atoms with Gasteiger partial charge >= 0.3 is 0 Å². The summed E-state index contributed by atoms with van der Waals surface area (Å²) >= 11 is 0. The highest BCUT2D eigenvalue weighted by Gasteiger charge is 2.34. The summed E-state index contributed by atoms with van der Waals surface area (Å²) < 4.78 is 0. The molecule has 0 aromatic heterocycles. The maximum atomic E-state index is 3.56. The lowest BCUT2D eigenvalue weighted by molar-refractivity contribution is 0.0322. The fraction of sp³-hybridized carbons (Fsp3) is 1.00. The lowest BCUT2D eigenvalue weighted by atomic mass is 9.83. The summed E-state index contributed by atoms with van der Waals surface area (Å²) in [5, 5.41) is 3.56. The molecule has 94 valence electrons. The number of piperazine rings is 1. The van der Waals surface area contributed by atoms with Gasteiger partial charge in [-0.05, 0) is 24.7 Å². The summed E-state index contributed by atoms with van der Waals surface area (Å²) in [7, 11) is 0. The van der Waals surface area contributed by atoms with Crippen LogP contribution in [0.4, 0.5) is 0 Å². The van der Waals surface area contributed by atoms with Gasteiger partial charge in [-0.25, -0.2) is 0 Å². The Bertz CT molecular complexity index is 215. The predicted octanol–water partition coefficient (Wildman–Crippen LogP) is 2.49. The summed E-state index contributed by atoms with van der Waals surface area (Å²) in [6, 6.07) is 1.63. The van der Waals surface area contributed by atoms with Crippen molar-refractivity contribution >= 4 is 0 Å². The Kier molecular flexibility index (Phi) is 4.26. The molecule has 2 nitrogen and oxygen atoms in total. The average molecular weight is 224 g/mol. The highest BCUT2D eigenvalue weighted by atomic mass is 15.2. The van der Waals surface area contributed by atoms with E-state index in [2.05, 4.69) is 31.0 Å². The van der Waals surface area contributed by atoms with Crippen LogP contribution in [0.15, 0.2) is 0 Å². The van der Waals surface area contributed by atoms with E-state index in [4.69, 9.17) is 0 Å². The molecule has 0 aromatic rings. The predicted molar refractivity (Wildman–Crippen MR) is 69.6 cm³/mol. The number of nitrogens with one attached hydrogen (secondary N) is 1. The van der Waals surface area contributed by atoms with Gasteiger partial charge in [0.05, 0.1) is 0 Å². The van der Waals surface area contributed by atoms with Gasteiger partial charge in [0, 0.05) is 31.7 Å². The Morgan fingerprint density at radius 3 is 2.62 bits per heavy atom. The van der Waals surface area contributed by atoms with Crippen molar-refractivity contribution in [3.63, 3.8) is 0 Å². The van der Waals surface area contributed by atoms with Crippen LogP contribution in [0.1, 0.15) is 46.5 Å². The smallest absolute Gasteiger partial charge is 0.0247 e. The third-order valence-electron chi connectivity index (χ3n) is 4.59. The molecule has 1 heterocycles. The van der Waals surface area contributed by atoms with Crippen LogP contribution in [0.3, 0.4) is 0 Å². The van der Waals surface area contributed by atoms with Gasteiger partial charge in [-0.2, -0.15) is 0 Å². The Morgan fingerprint density at radius 1 is 1.19 bits per heavy atom. The Balaban J connectivity index is 2.03. The van der Waals surface area contributed by atoms with Crippen LogP contribution in [-0.2, 0) is 0 Å². The van der Waals surface area contributed by atoms with Crippen molar-refractivity contribution in [3.05, 3.63) is 0 Å². The van der Waals surface area contributed by atoms with Crippen molar-refractivity contribution in [2.45, 2.75) is 58.5 Å². The third-order valence-corrected chi connectivity index (χ3v) is 4.59. The van der Waals surface area contributed by atoms with E-state index in [9.17, 15) is 0 Å². The van der Waals surface area contributed by atoms with Crippen molar-refractivity contribution in [2.75, 3.05) is 19.6 Å². The van der Waals surface area contributed by atoms with Gasteiger partial charge in [0.25, 0.3) is 0 Å². The number of hydrogen-bond donors (Lipinski definition) is 1. The van der Waals surface area contributed by atoms with Gasteiger partial charge in [0.1, 0.15) is 0 Å². The molecule has 1 saturated carbocycles. The van der Waals surface area contributed by atoms with E-state index in [0.717, 1.165) is 23.9 Å². The van der Waals surface area contributed by atoms with E-state index >= 15 is 0 Å². The second-order valence-corrected chi connectivity index (χ2v) is 6.08. The maximum Gasteiger partial charge on any atom is 0.0247 e. The first-order valence-corrected chi connectivity index (χ1v) is 7.16. The van der Waals surface area contributed by atoms with Gasteiger partial charge in [-0.1, -0.05) is 33.6 Å². The van der Waals surface area contributed by atoms with Crippen molar-refractivity contribution in [1.82, 2.24) is 10.2 Å². The Labute approximate surface area is 101 Å². The molecule has 0 bridgehead atoms. The monoisotopic (exact) mass is 224 g/mol. The average Bonchev–Trinajstić information content (AvgIpc) is 2.29. The zero-order valence-corrected chi connectivity index (χ0v) is 11.2. The van der Waals surface area contributed by atoms with Crippen LogP contribution in [0.5, 0.6) is 0 Å². The minimum atomic E-state index is 0.763. The van der Waals surface area contributed by atoms with Crippen molar-refractivity contribution in [2.24, 2.45) is 11.8 Å². The van der Waals surface area contributed by atoms with E-state index < -0.39 is 0 Å². The molecule has 1 saturated heterocycles. The minimum absolute atomic E-state index is 0.763. The van der Waals surface area contributed by atoms with Crippen LogP contribution in [-0.4, -0.2) is 36.6 Å². The van der Waals surface area contributed by atoms with Gasteiger partial charge in [0.2, 0.25) is 0 Å².